The summed E-state index contributed by atoms with van der Waals surface area (Å²) in [7, 11) is 0. The van der Waals surface area contributed by atoms with Crippen molar-refractivity contribution in [1.29, 1.82) is 0 Å². The zero-order valence-electron chi connectivity index (χ0n) is 11.3. The van der Waals surface area contributed by atoms with Crippen LogP contribution in [0.15, 0.2) is 29.3 Å². The van der Waals surface area contributed by atoms with Crippen LogP contribution in [0, 0.1) is 11.8 Å². The minimum absolute atomic E-state index is 0.111. The summed E-state index contributed by atoms with van der Waals surface area (Å²) < 4.78 is 0. The molecule has 1 aromatic rings. The van der Waals surface area contributed by atoms with Crippen molar-refractivity contribution >= 4 is 17.8 Å². The topological polar surface area (TPSA) is 58.5 Å². The Hall–Kier alpha value is -1.81. The predicted molar refractivity (Wildman–Crippen MR) is 77.5 cm³/mol. The van der Waals surface area contributed by atoms with Crippen molar-refractivity contribution in [3.05, 3.63) is 35.4 Å². The summed E-state index contributed by atoms with van der Waals surface area (Å²) in [4.78, 5) is 28.7. The van der Waals surface area contributed by atoms with E-state index in [-0.39, 0.29) is 11.6 Å². The summed E-state index contributed by atoms with van der Waals surface area (Å²) in [5.41, 5.74) is 1.08. The van der Waals surface area contributed by atoms with Gasteiger partial charge in [0.2, 0.25) is 0 Å². The van der Waals surface area contributed by atoms with Crippen molar-refractivity contribution in [2.45, 2.75) is 12.8 Å². The smallest absolute Gasteiger partial charge is 0.179 e. The molecule has 0 aromatic heterocycles. The van der Waals surface area contributed by atoms with E-state index in [9.17, 15) is 9.59 Å². The molecule has 2 aliphatic rings. The maximum absolute atomic E-state index is 12.2. The van der Waals surface area contributed by atoms with E-state index in [0.717, 1.165) is 32.5 Å². The number of ketones is 2. The Bertz CT molecular complexity index is 524. The second-order valence-electron chi connectivity index (χ2n) is 5.46. The van der Waals surface area contributed by atoms with Crippen molar-refractivity contribution in [1.82, 2.24) is 5.32 Å². The van der Waals surface area contributed by atoms with Gasteiger partial charge in [-0.15, -0.1) is 0 Å². The molecule has 4 nitrogen and oxygen atoms in total. The fourth-order valence-corrected chi connectivity index (χ4v) is 2.88. The first-order valence-electron chi connectivity index (χ1n) is 7.15. The fourth-order valence-electron chi connectivity index (χ4n) is 2.88. The van der Waals surface area contributed by atoms with E-state index in [1.54, 1.807) is 30.5 Å². The predicted octanol–water partition coefficient (Wildman–Crippen LogP) is 1.75. The van der Waals surface area contributed by atoms with Gasteiger partial charge in [0.15, 0.2) is 11.6 Å². The normalized spacial score (nSPS) is 20.8. The van der Waals surface area contributed by atoms with Gasteiger partial charge in [-0.05, 0) is 31.8 Å². The Morgan fingerprint density at radius 3 is 2.30 bits per heavy atom. The molecule has 3 rings (SSSR count). The Balaban J connectivity index is 1.67. The lowest BCUT2D eigenvalue weighted by molar-refractivity contribution is 0.0886. The number of aliphatic imine (C=N–C) groups is 1. The first-order chi connectivity index (χ1) is 9.77. The lowest BCUT2D eigenvalue weighted by atomic mass is 9.98. The van der Waals surface area contributed by atoms with E-state index in [1.807, 2.05) is 0 Å². The van der Waals surface area contributed by atoms with Gasteiger partial charge in [-0.1, -0.05) is 24.3 Å². The number of fused-ring (bicyclic) bond motifs is 1. The minimum Gasteiger partial charge on any atom is -0.317 e. The number of hydrogen-bond acceptors (Lipinski definition) is 4. The van der Waals surface area contributed by atoms with Crippen molar-refractivity contribution in [3.8, 4) is 0 Å². The van der Waals surface area contributed by atoms with Gasteiger partial charge in [-0.25, -0.2) is 0 Å². The molecular formula is C16H18N2O2. The van der Waals surface area contributed by atoms with Gasteiger partial charge in [0.25, 0.3) is 0 Å². The summed E-state index contributed by atoms with van der Waals surface area (Å²) in [6.45, 7) is 2.79. The third kappa shape index (κ3) is 2.43. The molecule has 1 fully saturated rings. The molecule has 0 unspecified atom stereocenters. The van der Waals surface area contributed by atoms with Crippen LogP contribution in [-0.2, 0) is 0 Å². The number of piperidine rings is 1. The second-order valence-corrected chi connectivity index (χ2v) is 5.46. The summed E-state index contributed by atoms with van der Waals surface area (Å²) in [6, 6.07) is 7.02. The van der Waals surface area contributed by atoms with Gasteiger partial charge in [-0.2, -0.15) is 0 Å². The molecule has 0 spiro atoms. The molecular weight excluding hydrogens is 252 g/mol. The van der Waals surface area contributed by atoms with Crippen LogP contribution in [0.2, 0.25) is 0 Å². The molecule has 20 heavy (non-hydrogen) atoms. The monoisotopic (exact) mass is 270 g/mol. The van der Waals surface area contributed by atoms with Gasteiger partial charge in [-0.3, -0.25) is 14.6 Å². The van der Waals surface area contributed by atoms with E-state index in [4.69, 9.17) is 0 Å². The molecule has 1 heterocycles. The van der Waals surface area contributed by atoms with Crippen LogP contribution in [-0.4, -0.2) is 37.4 Å². The highest BCUT2D eigenvalue weighted by Gasteiger charge is 2.36. The molecule has 0 atom stereocenters. The van der Waals surface area contributed by atoms with Gasteiger partial charge in [0, 0.05) is 23.9 Å². The van der Waals surface area contributed by atoms with Crippen LogP contribution in [0.5, 0.6) is 0 Å². The Morgan fingerprint density at radius 1 is 1.10 bits per heavy atom. The number of hydrogen-bond donors (Lipinski definition) is 1. The van der Waals surface area contributed by atoms with Crippen LogP contribution < -0.4 is 5.32 Å². The molecule has 0 saturated carbocycles. The standard InChI is InChI=1S/C16H18N2O2/c19-15-12-3-1-2-4-13(12)16(20)14(15)10-18-9-11-5-7-17-8-6-11/h1-4,10-11,14,17H,5-9H2. The van der Waals surface area contributed by atoms with E-state index >= 15 is 0 Å². The van der Waals surface area contributed by atoms with E-state index < -0.39 is 5.92 Å². The molecule has 1 aliphatic carbocycles. The Morgan fingerprint density at radius 2 is 1.70 bits per heavy atom. The molecule has 1 aliphatic heterocycles. The van der Waals surface area contributed by atoms with Crippen molar-refractivity contribution in [2.75, 3.05) is 19.6 Å². The maximum Gasteiger partial charge on any atom is 0.179 e. The second kappa shape index (κ2) is 5.67. The van der Waals surface area contributed by atoms with E-state index in [0.29, 0.717) is 17.0 Å². The summed E-state index contributed by atoms with van der Waals surface area (Å²) in [5.74, 6) is -0.352. The molecule has 1 aromatic carbocycles. The Labute approximate surface area is 118 Å². The summed E-state index contributed by atoms with van der Waals surface area (Å²) in [5, 5.41) is 3.31. The van der Waals surface area contributed by atoms with Crippen molar-refractivity contribution < 1.29 is 9.59 Å². The van der Waals surface area contributed by atoms with Gasteiger partial charge >= 0.3 is 0 Å². The van der Waals surface area contributed by atoms with Crippen LogP contribution in [0.25, 0.3) is 0 Å². The first-order valence-corrected chi connectivity index (χ1v) is 7.15. The number of rotatable bonds is 3. The van der Waals surface area contributed by atoms with E-state index in [2.05, 4.69) is 10.3 Å². The highest BCUT2D eigenvalue weighted by molar-refractivity contribution is 6.33. The zero-order valence-corrected chi connectivity index (χ0v) is 11.3. The maximum atomic E-state index is 12.2. The Kier molecular flexibility index (Phi) is 3.74. The van der Waals surface area contributed by atoms with Crippen LogP contribution >= 0.6 is 0 Å². The lowest BCUT2D eigenvalue weighted by Crippen LogP contribution is -2.29. The zero-order chi connectivity index (χ0) is 13.9. The number of Topliss-reactive ketones (excluding diaryl/α,β-unsaturated/α-hetero) is 2. The quantitative estimate of drug-likeness (QED) is 0.672. The van der Waals surface area contributed by atoms with Crippen molar-refractivity contribution in [3.63, 3.8) is 0 Å². The molecule has 0 amide bonds. The average molecular weight is 270 g/mol. The SMILES string of the molecule is O=C1c2ccccc2C(=O)C1C=NCC1CCNCC1. The molecule has 0 bridgehead atoms. The van der Waals surface area contributed by atoms with Gasteiger partial charge in [0.05, 0.1) is 0 Å². The largest absolute Gasteiger partial charge is 0.317 e. The summed E-state index contributed by atoms with van der Waals surface area (Å²) in [6.07, 6.45) is 3.79. The van der Waals surface area contributed by atoms with Crippen LogP contribution in [0.1, 0.15) is 33.6 Å². The fraction of sp³-hybridized carbons (Fsp3) is 0.438. The lowest BCUT2D eigenvalue weighted by Gasteiger charge is -2.20. The minimum atomic E-state index is -0.700. The summed E-state index contributed by atoms with van der Waals surface area (Å²) >= 11 is 0. The van der Waals surface area contributed by atoms with Gasteiger partial charge in [0.1, 0.15) is 5.92 Å². The number of carbonyl (C=O) groups excluding carboxylic acids is 2. The molecule has 4 heteroatoms. The highest BCUT2D eigenvalue weighted by atomic mass is 16.2. The molecule has 1 N–H and O–H groups in total. The van der Waals surface area contributed by atoms with Crippen LogP contribution in [0.3, 0.4) is 0 Å². The third-order valence-electron chi connectivity index (χ3n) is 4.10. The van der Waals surface area contributed by atoms with Gasteiger partial charge < -0.3 is 5.32 Å². The average Bonchev–Trinajstić information content (AvgIpc) is 2.74. The molecule has 104 valence electrons. The first kappa shape index (κ1) is 13.2. The van der Waals surface area contributed by atoms with E-state index in [1.165, 1.54) is 0 Å². The molecule has 0 radical (unpaired) electrons. The van der Waals surface area contributed by atoms with Crippen LogP contribution in [0.4, 0.5) is 0 Å². The number of nitrogens with one attached hydrogen (secondary N) is 1. The van der Waals surface area contributed by atoms with Crippen molar-refractivity contribution in [2.24, 2.45) is 16.8 Å². The number of nitrogens with zero attached hydrogens (tertiary/aromatic N) is 1. The molecule has 1 saturated heterocycles. The number of carbonyl (C=O) groups is 2. The third-order valence-corrected chi connectivity index (χ3v) is 4.10. The highest BCUT2D eigenvalue weighted by Crippen LogP contribution is 2.25. The number of benzene rings is 1.